The van der Waals surface area contributed by atoms with Crippen molar-refractivity contribution in [3.8, 4) is 11.3 Å². The SMILES string of the molecule is Clc1ccc(-c2csc(N/N=C\c3ccc(Br)cc3)n2)cc1Cl. The van der Waals surface area contributed by atoms with Gasteiger partial charge in [-0.1, -0.05) is 57.3 Å². The number of benzene rings is 2. The Labute approximate surface area is 156 Å². The van der Waals surface area contributed by atoms with Gasteiger partial charge >= 0.3 is 0 Å². The highest BCUT2D eigenvalue weighted by Gasteiger charge is 2.06. The third-order valence-corrected chi connectivity index (χ3v) is 4.98. The van der Waals surface area contributed by atoms with E-state index in [0.717, 1.165) is 21.3 Å². The lowest BCUT2D eigenvalue weighted by molar-refractivity contribution is 1.29. The Bertz CT molecular complexity index is 847. The molecular formula is C16H10BrCl2N3S. The van der Waals surface area contributed by atoms with Crippen LogP contribution in [-0.4, -0.2) is 11.2 Å². The van der Waals surface area contributed by atoms with E-state index in [-0.39, 0.29) is 0 Å². The fourth-order valence-corrected chi connectivity index (χ4v) is 3.05. The maximum absolute atomic E-state index is 6.03. The smallest absolute Gasteiger partial charge is 0.203 e. The van der Waals surface area contributed by atoms with Crippen molar-refractivity contribution < 1.29 is 0 Å². The van der Waals surface area contributed by atoms with E-state index >= 15 is 0 Å². The van der Waals surface area contributed by atoms with Crippen LogP contribution in [0.15, 0.2) is 57.4 Å². The Morgan fingerprint density at radius 3 is 2.61 bits per heavy atom. The number of hydrazone groups is 1. The summed E-state index contributed by atoms with van der Waals surface area (Å²) >= 11 is 16.8. The molecule has 23 heavy (non-hydrogen) atoms. The van der Waals surface area contributed by atoms with Gasteiger partial charge in [0.05, 0.1) is 22.0 Å². The van der Waals surface area contributed by atoms with Crippen LogP contribution < -0.4 is 5.43 Å². The van der Waals surface area contributed by atoms with E-state index in [1.807, 2.05) is 35.7 Å². The molecule has 3 rings (SSSR count). The highest BCUT2D eigenvalue weighted by molar-refractivity contribution is 9.10. The van der Waals surface area contributed by atoms with Gasteiger partial charge in [-0.3, -0.25) is 5.43 Å². The van der Waals surface area contributed by atoms with Crippen molar-refractivity contribution in [2.45, 2.75) is 0 Å². The number of hydrogen-bond acceptors (Lipinski definition) is 4. The standard InChI is InChI=1S/C16H10BrCl2N3S/c17-12-4-1-10(2-5-12)8-20-22-16-21-15(9-23-16)11-3-6-13(18)14(19)7-11/h1-9H,(H,21,22)/b20-8-. The Balaban J connectivity index is 1.69. The maximum Gasteiger partial charge on any atom is 0.203 e. The average molecular weight is 427 g/mol. The summed E-state index contributed by atoms with van der Waals surface area (Å²) in [4.78, 5) is 4.48. The van der Waals surface area contributed by atoms with Crippen LogP contribution in [0.5, 0.6) is 0 Å². The van der Waals surface area contributed by atoms with Gasteiger partial charge in [0.25, 0.3) is 0 Å². The molecule has 7 heteroatoms. The summed E-state index contributed by atoms with van der Waals surface area (Å²) in [6, 6.07) is 13.3. The Morgan fingerprint density at radius 1 is 1.09 bits per heavy atom. The average Bonchev–Trinajstić information content (AvgIpc) is 3.01. The van der Waals surface area contributed by atoms with Crippen LogP contribution in [-0.2, 0) is 0 Å². The quantitative estimate of drug-likeness (QED) is 0.391. The number of nitrogens with zero attached hydrogens (tertiary/aromatic N) is 2. The van der Waals surface area contributed by atoms with Crippen LogP contribution in [0.25, 0.3) is 11.3 Å². The molecule has 0 unspecified atom stereocenters. The molecule has 0 bridgehead atoms. The van der Waals surface area contributed by atoms with E-state index < -0.39 is 0 Å². The molecule has 0 radical (unpaired) electrons. The van der Waals surface area contributed by atoms with Crippen molar-refractivity contribution in [1.29, 1.82) is 0 Å². The van der Waals surface area contributed by atoms with Crippen LogP contribution in [0, 0.1) is 0 Å². The number of thiazole rings is 1. The lowest BCUT2D eigenvalue weighted by Gasteiger charge is -1.99. The van der Waals surface area contributed by atoms with Gasteiger partial charge in [-0.15, -0.1) is 11.3 Å². The van der Waals surface area contributed by atoms with E-state index in [4.69, 9.17) is 23.2 Å². The first-order valence-corrected chi connectivity index (χ1v) is 9.00. The lowest BCUT2D eigenvalue weighted by atomic mass is 10.2. The zero-order valence-corrected chi connectivity index (χ0v) is 15.5. The fraction of sp³-hybridized carbons (Fsp3) is 0. The monoisotopic (exact) mass is 425 g/mol. The number of rotatable bonds is 4. The number of halogens is 3. The van der Waals surface area contributed by atoms with Gasteiger partial charge in [0.15, 0.2) is 0 Å². The van der Waals surface area contributed by atoms with Crippen molar-refractivity contribution in [3.63, 3.8) is 0 Å². The number of hydrogen-bond donors (Lipinski definition) is 1. The molecule has 0 aliphatic carbocycles. The minimum Gasteiger partial charge on any atom is -0.253 e. The van der Waals surface area contributed by atoms with E-state index in [9.17, 15) is 0 Å². The predicted octanol–water partition coefficient (Wildman–Crippen LogP) is 6.33. The first kappa shape index (κ1) is 16.5. The van der Waals surface area contributed by atoms with Gasteiger partial charge in [0, 0.05) is 15.4 Å². The van der Waals surface area contributed by atoms with E-state index in [1.54, 1.807) is 18.3 Å². The van der Waals surface area contributed by atoms with E-state index in [2.05, 4.69) is 31.4 Å². The summed E-state index contributed by atoms with van der Waals surface area (Å²) in [7, 11) is 0. The number of nitrogens with one attached hydrogen (secondary N) is 1. The van der Waals surface area contributed by atoms with Gasteiger partial charge in [0.1, 0.15) is 0 Å². The molecule has 1 N–H and O–H groups in total. The van der Waals surface area contributed by atoms with Gasteiger partial charge in [-0.2, -0.15) is 5.10 Å². The summed E-state index contributed by atoms with van der Waals surface area (Å²) in [6.45, 7) is 0. The van der Waals surface area contributed by atoms with Crippen molar-refractivity contribution in [2.24, 2.45) is 5.10 Å². The third kappa shape index (κ3) is 4.32. The van der Waals surface area contributed by atoms with Gasteiger partial charge < -0.3 is 0 Å². The van der Waals surface area contributed by atoms with Crippen LogP contribution in [0.3, 0.4) is 0 Å². The number of aromatic nitrogens is 1. The second kappa shape index (κ2) is 7.45. The second-order valence-corrected chi connectivity index (χ2v) is 7.18. The third-order valence-electron chi connectivity index (χ3n) is 2.96. The molecule has 0 spiro atoms. The molecule has 2 aromatic carbocycles. The van der Waals surface area contributed by atoms with Crippen LogP contribution in [0.2, 0.25) is 10.0 Å². The molecule has 116 valence electrons. The Hall–Kier alpha value is -1.40. The van der Waals surface area contributed by atoms with Crippen molar-refractivity contribution in [1.82, 2.24) is 4.98 Å². The number of anilines is 1. The Kier molecular flexibility index (Phi) is 5.33. The molecule has 0 saturated carbocycles. The highest BCUT2D eigenvalue weighted by atomic mass is 79.9. The van der Waals surface area contributed by atoms with Crippen LogP contribution in [0.1, 0.15) is 5.56 Å². The van der Waals surface area contributed by atoms with Crippen molar-refractivity contribution in [3.05, 3.63) is 67.9 Å². The molecule has 0 amide bonds. The van der Waals surface area contributed by atoms with E-state index in [0.29, 0.717) is 15.2 Å². The zero-order valence-electron chi connectivity index (χ0n) is 11.6. The van der Waals surface area contributed by atoms with E-state index in [1.165, 1.54) is 11.3 Å². The molecule has 0 atom stereocenters. The molecule has 3 nitrogen and oxygen atoms in total. The zero-order chi connectivity index (χ0) is 16.2. The summed E-state index contributed by atoms with van der Waals surface area (Å²) in [5.74, 6) is 0. The summed E-state index contributed by atoms with van der Waals surface area (Å²) in [5.41, 5.74) is 5.68. The fourth-order valence-electron chi connectivity index (χ4n) is 1.82. The first-order chi connectivity index (χ1) is 11.1. The molecule has 0 aliphatic rings. The van der Waals surface area contributed by atoms with Gasteiger partial charge in [-0.25, -0.2) is 4.98 Å². The minimum absolute atomic E-state index is 0.514. The van der Waals surface area contributed by atoms with Gasteiger partial charge in [-0.05, 0) is 29.8 Å². The largest absolute Gasteiger partial charge is 0.253 e. The van der Waals surface area contributed by atoms with Crippen LogP contribution >= 0.6 is 50.5 Å². The second-order valence-electron chi connectivity index (χ2n) is 4.59. The minimum atomic E-state index is 0.514. The first-order valence-electron chi connectivity index (χ1n) is 6.57. The Morgan fingerprint density at radius 2 is 1.87 bits per heavy atom. The molecule has 3 aromatic rings. The molecule has 1 heterocycles. The maximum atomic E-state index is 6.03. The molecule has 0 saturated heterocycles. The normalized spacial score (nSPS) is 11.1. The van der Waals surface area contributed by atoms with Crippen LogP contribution in [0.4, 0.5) is 5.13 Å². The molecular weight excluding hydrogens is 417 g/mol. The van der Waals surface area contributed by atoms with Gasteiger partial charge in [0.2, 0.25) is 5.13 Å². The van der Waals surface area contributed by atoms with Crippen molar-refractivity contribution >= 4 is 61.8 Å². The predicted molar refractivity (Wildman–Crippen MR) is 103 cm³/mol. The van der Waals surface area contributed by atoms with Crippen molar-refractivity contribution in [2.75, 3.05) is 5.43 Å². The highest BCUT2D eigenvalue weighted by Crippen LogP contribution is 2.30. The summed E-state index contributed by atoms with van der Waals surface area (Å²) in [6.07, 6.45) is 1.74. The summed E-state index contributed by atoms with van der Waals surface area (Å²) in [5, 5.41) is 7.88. The lowest BCUT2D eigenvalue weighted by Crippen LogP contribution is -1.90. The molecule has 0 aliphatic heterocycles. The summed E-state index contributed by atoms with van der Waals surface area (Å²) < 4.78 is 1.04. The molecule has 0 fully saturated rings. The topological polar surface area (TPSA) is 37.3 Å². The molecule has 1 aromatic heterocycles.